The molecule has 0 saturated heterocycles. The van der Waals surface area contributed by atoms with Crippen molar-refractivity contribution in [2.45, 2.75) is 12.8 Å². The molecule has 2 aromatic rings. The van der Waals surface area contributed by atoms with Crippen LogP contribution in [0.3, 0.4) is 0 Å². The second kappa shape index (κ2) is 5.37. The molecule has 0 radical (unpaired) electrons. The number of aromatic nitrogens is 2. The van der Waals surface area contributed by atoms with Crippen LogP contribution in [-0.2, 0) is 6.42 Å². The molecule has 0 spiro atoms. The monoisotopic (exact) mass is 299 g/mol. The Hall–Kier alpha value is -1.27. The Balaban J connectivity index is 2.21. The average molecular weight is 300 g/mol. The minimum Gasteiger partial charge on any atom is -0.334 e. The molecule has 0 aliphatic carbocycles. The average Bonchev–Trinajstić information content (AvgIpc) is 2.79. The lowest BCUT2D eigenvalue weighted by Gasteiger charge is -1.96. The molecule has 6 heteroatoms. The Morgan fingerprint density at radius 2 is 2.24 bits per heavy atom. The number of nitrogens with two attached hydrogens (primary N) is 1. The predicted molar refractivity (Wildman–Crippen MR) is 64.8 cm³/mol. The molecule has 0 unspecified atom stereocenters. The maximum absolute atomic E-state index is 13.1. The number of hydrogen-bond donors (Lipinski definition) is 1. The molecule has 4 nitrogen and oxygen atoms in total. The highest BCUT2D eigenvalue weighted by atomic mass is 79.9. The van der Waals surface area contributed by atoms with E-state index < -0.39 is 0 Å². The number of benzene rings is 1. The van der Waals surface area contributed by atoms with Crippen LogP contribution in [0.4, 0.5) is 4.39 Å². The standard InChI is InChI=1S/C11H11BrFN3O/c12-8-6-7(3-4-9(8)13)11-15-10(16-17-11)2-1-5-14/h3-4,6H,1-2,5,14H2. The Labute approximate surface area is 106 Å². The number of rotatable bonds is 4. The van der Waals surface area contributed by atoms with Crippen molar-refractivity contribution < 1.29 is 8.91 Å². The molecule has 0 saturated carbocycles. The molecule has 1 aromatic heterocycles. The minimum absolute atomic E-state index is 0.323. The lowest BCUT2D eigenvalue weighted by Crippen LogP contribution is -2.01. The summed E-state index contributed by atoms with van der Waals surface area (Å²) in [6.07, 6.45) is 1.49. The third kappa shape index (κ3) is 2.89. The van der Waals surface area contributed by atoms with Crippen LogP contribution in [0.1, 0.15) is 12.2 Å². The third-order valence-electron chi connectivity index (χ3n) is 2.24. The number of nitrogens with zero attached hydrogens (tertiary/aromatic N) is 2. The Kier molecular flexibility index (Phi) is 3.86. The van der Waals surface area contributed by atoms with Gasteiger partial charge in [0.15, 0.2) is 5.82 Å². The second-order valence-corrected chi connectivity index (χ2v) is 4.39. The zero-order chi connectivity index (χ0) is 12.3. The maximum atomic E-state index is 13.1. The highest BCUT2D eigenvalue weighted by Gasteiger charge is 2.10. The van der Waals surface area contributed by atoms with Crippen LogP contribution in [0.15, 0.2) is 27.2 Å². The Morgan fingerprint density at radius 1 is 1.41 bits per heavy atom. The highest BCUT2D eigenvalue weighted by Crippen LogP contribution is 2.23. The first-order valence-corrected chi connectivity index (χ1v) is 5.98. The number of halogens is 2. The summed E-state index contributed by atoms with van der Waals surface area (Å²) in [5, 5.41) is 3.83. The van der Waals surface area contributed by atoms with E-state index in [0.717, 1.165) is 6.42 Å². The second-order valence-electron chi connectivity index (χ2n) is 3.54. The van der Waals surface area contributed by atoms with Gasteiger partial charge < -0.3 is 10.3 Å². The van der Waals surface area contributed by atoms with E-state index >= 15 is 0 Å². The lowest BCUT2D eigenvalue weighted by molar-refractivity contribution is 0.421. The fourth-order valence-corrected chi connectivity index (χ4v) is 1.74. The van der Waals surface area contributed by atoms with E-state index in [1.807, 2.05) is 0 Å². The van der Waals surface area contributed by atoms with Crippen LogP contribution in [0.2, 0.25) is 0 Å². The van der Waals surface area contributed by atoms with Crippen LogP contribution < -0.4 is 5.73 Å². The molecule has 0 atom stereocenters. The predicted octanol–water partition coefficient (Wildman–Crippen LogP) is 2.53. The van der Waals surface area contributed by atoms with Gasteiger partial charge in [0.1, 0.15) is 5.82 Å². The van der Waals surface area contributed by atoms with Crippen molar-refractivity contribution in [1.82, 2.24) is 10.1 Å². The quantitative estimate of drug-likeness (QED) is 0.942. The van der Waals surface area contributed by atoms with Crippen molar-refractivity contribution in [3.63, 3.8) is 0 Å². The fraction of sp³-hybridized carbons (Fsp3) is 0.273. The smallest absolute Gasteiger partial charge is 0.257 e. The minimum atomic E-state index is -0.323. The van der Waals surface area contributed by atoms with Crippen molar-refractivity contribution in [2.24, 2.45) is 5.73 Å². The lowest BCUT2D eigenvalue weighted by atomic mass is 10.2. The van der Waals surface area contributed by atoms with Crippen molar-refractivity contribution in [1.29, 1.82) is 0 Å². The molecular weight excluding hydrogens is 289 g/mol. The largest absolute Gasteiger partial charge is 0.334 e. The van der Waals surface area contributed by atoms with Gasteiger partial charge in [-0.2, -0.15) is 4.98 Å². The molecule has 0 aliphatic rings. The number of aryl methyl sites for hydroxylation is 1. The SMILES string of the molecule is NCCCc1noc(-c2ccc(F)c(Br)c2)n1. The van der Waals surface area contributed by atoms with Crippen molar-refractivity contribution >= 4 is 15.9 Å². The van der Waals surface area contributed by atoms with Gasteiger partial charge in [-0.05, 0) is 47.1 Å². The van der Waals surface area contributed by atoms with Gasteiger partial charge in [-0.1, -0.05) is 5.16 Å². The molecule has 90 valence electrons. The summed E-state index contributed by atoms with van der Waals surface area (Å²) >= 11 is 3.11. The normalized spacial score (nSPS) is 10.8. The van der Waals surface area contributed by atoms with Gasteiger partial charge in [0.05, 0.1) is 4.47 Å². The molecule has 2 N–H and O–H groups in total. The number of hydrogen-bond acceptors (Lipinski definition) is 4. The Bertz CT molecular complexity index is 515. The summed E-state index contributed by atoms with van der Waals surface area (Å²) < 4.78 is 18.5. The van der Waals surface area contributed by atoms with E-state index in [4.69, 9.17) is 10.3 Å². The van der Waals surface area contributed by atoms with E-state index in [1.54, 1.807) is 12.1 Å². The summed E-state index contributed by atoms with van der Waals surface area (Å²) in [6, 6.07) is 4.55. The molecule has 0 amide bonds. The maximum Gasteiger partial charge on any atom is 0.257 e. The third-order valence-corrected chi connectivity index (χ3v) is 2.85. The molecule has 0 aliphatic heterocycles. The summed E-state index contributed by atoms with van der Waals surface area (Å²) in [5.74, 6) is 0.681. The zero-order valence-corrected chi connectivity index (χ0v) is 10.6. The van der Waals surface area contributed by atoms with Crippen LogP contribution in [0, 0.1) is 5.82 Å². The van der Waals surface area contributed by atoms with Crippen molar-refractivity contribution in [2.75, 3.05) is 6.54 Å². The molecule has 1 heterocycles. The molecule has 17 heavy (non-hydrogen) atoms. The van der Waals surface area contributed by atoms with Gasteiger partial charge in [-0.25, -0.2) is 4.39 Å². The highest BCUT2D eigenvalue weighted by molar-refractivity contribution is 9.10. The summed E-state index contributed by atoms with van der Waals surface area (Å²) in [7, 11) is 0. The summed E-state index contributed by atoms with van der Waals surface area (Å²) in [5.41, 5.74) is 6.08. The van der Waals surface area contributed by atoms with E-state index in [2.05, 4.69) is 26.1 Å². The fourth-order valence-electron chi connectivity index (χ4n) is 1.36. The van der Waals surface area contributed by atoms with Gasteiger partial charge >= 0.3 is 0 Å². The van der Waals surface area contributed by atoms with Gasteiger partial charge in [0.2, 0.25) is 0 Å². The summed E-state index contributed by atoms with van der Waals surface area (Å²) in [6.45, 7) is 0.589. The zero-order valence-electron chi connectivity index (χ0n) is 8.99. The Morgan fingerprint density at radius 3 is 2.94 bits per heavy atom. The van der Waals surface area contributed by atoms with Crippen LogP contribution in [0.5, 0.6) is 0 Å². The molecule has 1 aromatic carbocycles. The first kappa shape index (κ1) is 12.2. The first-order chi connectivity index (χ1) is 8.20. The molecule has 0 fully saturated rings. The van der Waals surface area contributed by atoms with Gasteiger partial charge in [0.25, 0.3) is 5.89 Å². The first-order valence-electron chi connectivity index (χ1n) is 5.19. The molecular formula is C11H11BrFN3O. The van der Waals surface area contributed by atoms with Crippen LogP contribution in [-0.4, -0.2) is 16.7 Å². The molecule has 0 bridgehead atoms. The van der Waals surface area contributed by atoms with E-state index in [-0.39, 0.29) is 5.82 Å². The van der Waals surface area contributed by atoms with Gasteiger partial charge in [-0.15, -0.1) is 0 Å². The van der Waals surface area contributed by atoms with Crippen molar-refractivity contribution in [3.05, 3.63) is 34.3 Å². The van der Waals surface area contributed by atoms with Crippen LogP contribution >= 0.6 is 15.9 Å². The topological polar surface area (TPSA) is 64.9 Å². The molecule has 2 rings (SSSR count). The van der Waals surface area contributed by atoms with E-state index in [0.29, 0.717) is 34.7 Å². The van der Waals surface area contributed by atoms with Gasteiger partial charge in [-0.3, -0.25) is 0 Å². The van der Waals surface area contributed by atoms with Crippen molar-refractivity contribution in [3.8, 4) is 11.5 Å². The van der Waals surface area contributed by atoms with Crippen LogP contribution in [0.25, 0.3) is 11.5 Å². The van der Waals surface area contributed by atoms with Gasteiger partial charge in [0, 0.05) is 12.0 Å². The van der Waals surface area contributed by atoms with E-state index in [9.17, 15) is 4.39 Å². The van der Waals surface area contributed by atoms with E-state index in [1.165, 1.54) is 6.07 Å². The summed E-state index contributed by atoms with van der Waals surface area (Å²) in [4.78, 5) is 4.21.